The summed E-state index contributed by atoms with van der Waals surface area (Å²) >= 11 is 5.99. The number of hydrogen-bond donors (Lipinski definition) is 0. The maximum absolute atomic E-state index is 13.1. The summed E-state index contributed by atoms with van der Waals surface area (Å²) in [4.78, 5) is 26.6. The fourth-order valence-corrected chi connectivity index (χ4v) is 3.63. The van der Waals surface area contributed by atoms with Gasteiger partial charge in [-0.25, -0.2) is 4.68 Å². The Morgan fingerprint density at radius 2 is 1.90 bits per heavy atom. The maximum atomic E-state index is 13.1. The van der Waals surface area contributed by atoms with Crippen LogP contribution in [0.5, 0.6) is 0 Å². The predicted octanol–water partition coefficient (Wildman–Crippen LogP) is 3.81. The van der Waals surface area contributed by atoms with Gasteiger partial charge in [-0.15, -0.1) is 0 Å². The number of rotatable bonds is 5. The van der Waals surface area contributed by atoms with Gasteiger partial charge in [-0.1, -0.05) is 54.1 Å². The fourth-order valence-electron chi connectivity index (χ4n) is 3.51. The van der Waals surface area contributed by atoms with Crippen LogP contribution in [-0.4, -0.2) is 46.3 Å². The van der Waals surface area contributed by atoms with Gasteiger partial charge in [0.2, 0.25) is 0 Å². The molecule has 0 fully saturated rings. The third-order valence-corrected chi connectivity index (χ3v) is 5.13. The Labute approximate surface area is 173 Å². The molecule has 1 atom stereocenters. The van der Waals surface area contributed by atoms with Crippen LogP contribution in [-0.2, 0) is 9.53 Å². The first-order valence-electron chi connectivity index (χ1n) is 9.42. The van der Waals surface area contributed by atoms with E-state index in [2.05, 4.69) is 0 Å². The van der Waals surface area contributed by atoms with Crippen LogP contribution in [0.15, 0.2) is 60.7 Å². The van der Waals surface area contributed by atoms with E-state index in [0.717, 1.165) is 11.1 Å². The van der Waals surface area contributed by atoms with Gasteiger partial charge in [0.05, 0.1) is 18.3 Å². The summed E-state index contributed by atoms with van der Waals surface area (Å²) in [6.07, 6.45) is 0. The van der Waals surface area contributed by atoms with E-state index in [-0.39, 0.29) is 25.1 Å². The minimum Gasteiger partial charge on any atom is -0.465 e. The highest BCUT2D eigenvalue weighted by molar-refractivity contribution is 6.30. The number of amides is 1. The van der Waals surface area contributed by atoms with Crippen molar-refractivity contribution in [2.45, 2.75) is 13.0 Å². The van der Waals surface area contributed by atoms with E-state index in [1.807, 2.05) is 42.5 Å². The van der Waals surface area contributed by atoms with E-state index in [9.17, 15) is 9.59 Å². The number of esters is 1. The molecule has 2 aromatic carbocycles. The summed E-state index contributed by atoms with van der Waals surface area (Å²) in [6, 6.07) is 18.7. The Bertz CT molecular complexity index is 1030. The summed E-state index contributed by atoms with van der Waals surface area (Å²) < 4.78 is 6.79. The Hall–Kier alpha value is -3.12. The van der Waals surface area contributed by atoms with Gasteiger partial charge in [-0.2, -0.15) is 5.10 Å². The molecule has 3 aromatic rings. The van der Waals surface area contributed by atoms with Gasteiger partial charge in [0, 0.05) is 17.1 Å². The smallest absolute Gasteiger partial charge is 0.325 e. The number of carbonyl (C=O) groups is 2. The van der Waals surface area contributed by atoms with E-state index in [4.69, 9.17) is 21.4 Å². The number of nitrogens with zero attached hydrogens (tertiary/aromatic N) is 3. The van der Waals surface area contributed by atoms with Crippen molar-refractivity contribution in [3.05, 3.63) is 76.9 Å². The molecule has 0 spiro atoms. The molecule has 0 aliphatic carbocycles. The van der Waals surface area contributed by atoms with Crippen molar-refractivity contribution in [2.24, 2.45) is 0 Å². The van der Waals surface area contributed by atoms with Crippen LogP contribution in [0.2, 0.25) is 5.02 Å². The van der Waals surface area contributed by atoms with E-state index in [1.54, 1.807) is 29.8 Å². The Morgan fingerprint density at radius 3 is 2.59 bits per heavy atom. The van der Waals surface area contributed by atoms with Crippen LogP contribution >= 0.6 is 11.6 Å². The molecular formula is C22H20ClN3O3. The van der Waals surface area contributed by atoms with Gasteiger partial charge >= 0.3 is 5.97 Å². The Balaban J connectivity index is 1.75. The largest absolute Gasteiger partial charge is 0.465 e. The van der Waals surface area contributed by atoms with Crippen molar-refractivity contribution in [2.75, 3.05) is 19.7 Å². The van der Waals surface area contributed by atoms with Crippen molar-refractivity contribution in [3.63, 3.8) is 0 Å². The van der Waals surface area contributed by atoms with Gasteiger partial charge < -0.3 is 9.64 Å². The fraction of sp³-hybridized carbons (Fsp3) is 0.227. The quantitative estimate of drug-likeness (QED) is 0.601. The summed E-state index contributed by atoms with van der Waals surface area (Å²) in [7, 11) is 0. The molecule has 4 rings (SSSR count). The minimum absolute atomic E-state index is 0.0858. The summed E-state index contributed by atoms with van der Waals surface area (Å²) in [5.41, 5.74) is 3.01. The summed E-state index contributed by atoms with van der Waals surface area (Å²) in [5.74, 6) is -0.656. The van der Waals surface area contributed by atoms with Crippen LogP contribution in [0.3, 0.4) is 0 Å². The molecule has 148 valence electrons. The molecule has 1 aliphatic heterocycles. The predicted molar refractivity (Wildman–Crippen MR) is 110 cm³/mol. The van der Waals surface area contributed by atoms with Crippen LogP contribution in [0.4, 0.5) is 0 Å². The molecule has 0 radical (unpaired) electrons. The molecular weight excluding hydrogens is 390 g/mol. The molecule has 7 heteroatoms. The zero-order chi connectivity index (χ0) is 20.4. The van der Waals surface area contributed by atoms with E-state index in [1.165, 1.54) is 4.90 Å². The highest BCUT2D eigenvalue weighted by atomic mass is 35.5. The lowest BCUT2D eigenvalue weighted by Crippen LogP contribution is -2.46. The van der Waals surface area contributed by atoms with Crippen LogP contribution < -0.4 is 0 Å². The van der Waals surface area contributed by atoms with Crippen LogP contribution in [0.25, 0.3) is 11.3 Å². The van der Waals surface area contributed by atoms with E-state index < -0.39 is 5.97 Å². The van der Waals surface area contributed by atoms with Crippen molar-refractivity contribution in [3.8, 4) is 11.3 Å². The highest BCUT2D eigenvalue weighted by Gasteiger charge is 2.35. The van der Waals surface area contributed by atoms with Crippen LogP contribution in [0, 0.1) is 0 Å². The molecule has 6 nitrogen and oxygen atoms in total. The molecule has 0 unspecified atom stereocenters. The zero-order valence-electron chi connectivity index (χ0n) is 15.9. The van der Waals surface area contributed by atoms with Gasteiger partial charge in [-0.3, -0.25) is 9.59 Å². The Morgan fingerprint density at radius 1 is 1.17 bits per heavy atom. The van der Waals surface area contributed by atoms with Crippen molar-refractivity contribution < 1.29 is 14.3 Å². The SMILES string of the molecule is CCOC(=O)CN1C[C@H](c2ccccc2)n2nc(-c3ccc(Cl)cc3)cc2C1=O. The number of aromatic nitrogens is 2. The summed E-state index contributed by atoms with van der Waals surface area (Å²) in [6.45, 7) is 2.28. The van der Waals surface area contributed by atoms with Crippen molar-refractivity contribution >= 4 is 23.5 Å². The second-order valence-corrected chi connectivity index (χ2v) is 7.22. The molecule has 1 aliphatic rings. The lowest BCUT2D eigenvalue weighted by atomic mass is 10.0. The number of hydrogen-bond acceptors (Lipinski definition) is 4. The molecule has 29 heavy (non-hydrogen) atoms. The first-order valence-corrected chi connectivity index (χ1v) is 9.80. The molecule has 0 saturated carbocycles. The highest BCUT2D eigenvalue weighted by Crippen LogP contribution is 2.30. The third kappa shape index (κ3) is 3.89. The number of fused-ring (bicyclic) bond motifs is 1. The van der Waals surface area contributed by atoms with Crippen molar-refractivity contribution in [1.29, 1.82) is 0 Å². The second-order valence-electron chi connectivity index (χ2n) is 6.78. The minimum atomic E-state index is -0.418. The normalized spacial score (nSPS) is 15.9. The lowest BCUT2D eigenvalue weighted by molar-refractivity contribution is -0.144. The van der Waals surface area contributed by atoms with Gasteiger partial charge in [0.1, 0.15) is 12.2 Å². The molecule has 0 N–H and O–H groups in total. The first kappa shape index (κ1) is 19.2. The average molecular weight is 410 g/mol. The molecule has 0 saturated heterocycles. The standard InChI is InChI=1S/C22H20ClN3O3/c1-2-29-21(27)14-25-13-20(16-6-4-3-5-7-16)26-19(22(25)28)12-18(24-26)15-8-10-17(23)11-9-15/h3-12,20H,2,13-14H2,1H3/t20-/m1/s1. The van der Waals surface area contributed by atoms with E-state index in [0.29, 0.717) is 23.0 Å². The monoisotopic (exact) mass is 409 g/mol. The first-order chi connectivity index (χ1) is 14.1. The van der Waals surface area contributed by atoms with Gasteiger partial charge in [-0.05, 0) is 30.7 Å². The van der Waals surface area contributed by atoms with Crippen LogP contribution in [0.1, 0.15) is 29.0 Å². The number of benzene rings is 2. The molecule has 0 bridgehead atoms. The maximum Gasteiger partial charge on any atom is 0.325 e. The van der Waals surface area contributed by atoms with Crippen molar-refractivity contribution in [1.82, 2.24) is 14.7 Å². The van der Waals surface area contributed by atoms with E-state index >= 15 is 0 Å². The zero-order valence-corrected chi connectivity index (χ0v) is 16.7. The lowest BCUT2D eigenvalue weighted by Gasteiger charge is -2.33. The number of carbonyl (C=O) groups excluding carboxylic acids is 2. The number of ether oxygens (including phenoxy) is 1. The third-order valence-electron chi connectivity index (χ3n) is 4.88. The summed E-state index contributed by atoms with van der Waals surface area (Å²) in [5, 5.41) is 5.35. The second kappa shape index (κ2) is 8.09. The Kier molecular flexibility index (Phi) is 5.36. The number of halogens is 1. The van der Waals surface area contributed by atoms with Gasteiger partial charge in [0.15, 0.2) is 0 Å². The molecule has 1 amide bonds. The van der Waals surface area contributed by atoms with Gasteiger partial charge in [0.25, 0.3) is 5.91 Å². The molecule has 1 aromatic heterocycles. The topological polar surface area (TPSA) is 64.4 Å². The average Bonchev–Trinajstić information content (AvgIpc) is 3.17. The molecule has 2 heterocycles.